The number of methoxy groups -OCH3 is 1. The maximum Gasteiger partial charge on any atom is 0.325 e. The Labute approximate surface area is 136 Å². The molecule has 8 heteroatoms. The third kappa shape index (κ3) is 4.04. The number of anilines is 1. The molecule has 2 aromatic rings. The lowest BCUT2D eigenvalue weighted by Crippen LogP contribution is -2.22. The van der Waals surface area contributed by atoms with Gasteiger partial charge < -0.3 is 14.6 Å². The summed E-state index contributed by atoms with van der Waals surface area (Å²) < 4.78 is 7.14. The van der Waals surface area contributed by atoms with Gasteiger partial charge in [0.25, 0.3) is 0 Å². The van der Waals surface area contributed by atoms with Crippen LogP contribution in [0.4, 0.5) is 5.69 Å². The first-order valence-corrected chi connectivity index (χ1v) is 7.81. The van der Waals surface area contributed by atoms with E-state index in [4.69, 9.17) is 4.74 Å². The third-order valence-corrected chi connectivity index (χ3v) is 4.08. The normalized spacial score (nSPS) is 11.5. The average molecular weight is 335 g/mol. The summed E-state index contributed by atoms with van der Waals surface area (Å²) in [5.41, 5.74) is 1.39. The first-order chi connectivity index (χ1) is 10.9. The summed E-state index contributed by atoms with van der Waals surface area (Å²) in [4.78, 5) is 38.9. The summed E-state index contributed by atoms with van der Waals surface area (Å²) in [5.74, 6) is -0.868. The first-order valence-electron chi connectivity index (χ1n) is 7.00. The highest BCUT2D eigenvalue weighted by molar-refractivity contribution is 7.16. The number of nitrogens with zero attached hydrogens (tertiary/aromatic N) is 2. The van der Waals surface area contributed by atoms with Crippen molar-refractivity contribution in [3.8, 4) is 0 Å². The van der Waals surface area contributed by atoms with Crippen LogP contribution in [0.5, 0.6) is 0 Å². The zero-order valence-electron chi connectivity index (χ0n) is 13.1. The molecule has 1 aromatic heterocycles. The number of carbonyl (C=O) groups excluding carboxylic acids is 3. The Bertz CT molecular complexity index is 835. The molecule has 1 heterocycles. The molecule has 0 spiro atoms. The number of hydrogen-bond donors (Lipinski definition) is 1. The Kier molecular flexibility index (Phi) is 5.28. The number of benzene rings is 1. The van der Waals surface area contributed by atoms with Crippen LogP contribution in [0.3, 0.4) is 0 Å². The van der Waals surface area contributed by atoms with Crippen molar-refractivity contribution in [2.24, 2.45) is 4.99 Å². The van der Waals surface area contributed by atoms with E-state index in [9.17, 15) is 14.4 Å². The van der Waals surface area contributed by atoms with Crippen molar-refractivity contribution >= 4 is 45.0 Å². The topological polar surface area (TPSA) is 89.8 Å². The van der Waals surface area contributed by atoms with Crippen molar-refractivity contribution < 1.29 is 19.1 Å². The predicted octanol–water partition coefficient (Wildman–Crippen LogP) is 1.67. The van der Waals surface area contributed by atoms with Crippen molar-refractivity contribution in [3.63, 3.8) is 0 Å². The molecule has 0 bridgehead atoms. The zero-order chi connectivity index (χ0) is 17.0. The highest BCUT2D eigenvalue weighted by atomic mass is 32.1. The summed E-state index contributed by atoms with van der Waals surface area (Å²) in [6.07, 6.45) is 0.281. The maximum absolute atomic E-state index is 11.6. The first kappa shape index (κ1) is 16.9. The fourth-order valence-electron chi connectivity index (χ4n) is 1.97. The monoisotopic (exact) mass is 335 g/mol. The average Bonchev–Trinajstić information content (AvgIpc) is 2.83. The molecule has 0 unspecified atom stereocenters. The van der Waals surface area contributed by atoms with E-state index < -0.39 is 5.97 Å². The number of rotatable bonds is 4. The number of amides is 2. The van der Waals surface area contributed by atoms with Crippen LogP contribution in [-0.2, 0) is 25.7 Å². The van der Waals surface area contributed by atoms with E-state index in [0.717, 1.165) is 10.2 Å². The summed E-state index contributed by atoms with van der Waals surface area (Å²) in [6, 6.07) is 5.29. The molecule has 1 N–H and O–H groups in total. The molecule has 0 radical (unpaired) electrons. The van der Waals surface area contributed by atoms with E-state index in [2.05, 4.69) is 10.3 Å². The lowest BCUT2D eigenvalue weighted by atomic mass is 10.3. The smallest absolute Gasteiger partial charge is 0.325 e. The lowest BCUT2D eigenvalue weighted by Gasteiger charge is -2.05. The third-order valence-electron chi connectivity index (χ3n) is 3.04. The van der Waals surface area contributed by atoms with Gasteiger partial charge >= 0.3 is 5.97 Å². The van der Waals surface area contributed by atoms with E-state index in [-0.39, 0.29) is 24.8 Å². The van der Waals surface area contributed by atoms with Gasteiger partial charge in [0.1, 0.15) is 6.54 Å². The van der Waals surface area contributed by atoms with Gasteiger partial charge in [-0.3, -0.25) is 14.4 Å². The zero-order valence-corrected chi connectivity index (χ0v) is 13.9. The summed E-state index contributed by atoms with van der Waals surface area (Å²) >= 11 is 1.28. The Hall–Kier alpha value is -2.48. The minimum Gasteiger partial charge on any atom is -0.468 e. The number of esters is 1. The molecule has 122 valence electrons. The second-order valence-electron chi connectivity index (χ2n) is 4.77. The summed E-state index contributed by atoms with van der Waals surface area (Å²) in [5, 5.41) is 2.70. The molecule has 1 aromatic carbocycles. The molecule has 0 fully saturated rings. The van der Waals surface area contributed by atoms with Gasteiger partial charge in [0.2, 0.25) is 11.8 Å². The SMILES string of the molecule is CCC(=O)N=c1sc2cc(NC(C)=O)ccc2n1CC(=O)OC. The van der Waals surface area contributed by atoms with E-state index >= 15 is 0 Å². The molecule has 0 aliphatic heterocycles. The van der Waals surface area contributed by atoms with Crippen molar-refractivity contribution in [1.82, 2.24) is 4.57 Å². The molecule has 0 atom stereocenters. The minimum atomic E-state index is -0.430. The van der Waals surface area contributed by atoms with Crippen LogP contribution in [0.2, 0.25) is 0 Å². The fourth-order valence-corrected chi connectivity index (χ4v) is 3.06. The molecule has 2 rings (SSSR count). The highest BCUT2D eigenvalue weighted by Crippen LogP contribution is 2.22. The van der Waals surface area contributed by atoms with E-state index in [1.54, 1.807) is 29.7 Å². The molecule has 2 amide bonds. The van der Waals surface area contributed by atoms with Gasteiger partial charge in [0, 0.05) is 19.0 Å². The molecule has 0 saturated carbocycles. The number of aromatic nitrogens is 1. The second kappa shape index (κ2) is 7.19. The number of nitrogens with one attached hydrogen (secondary N) is 1. The van der Waals surface area contributed by atoms with E-state index in [1.807, 2.05) is 0 Å². The number of fused-ring (bicyclic) bond motifs is 1. The van der Waals surface area contributed by atoms with Gasteiger partial charge in [-0.1, -0.05) is 18.3 Å². The molecule has 23 heavy (non-hydrogen) atoms. The van der Waals surface area contributed by atoms with Gasteiger partial charge in [-0.2, -0.15) is 4.99 Å². The largest absolute Gasteiger partial charge is 0.468 e. The van der Waals surface area contributed by atoms with Gasteiger partial charge in [-0.15, -0.1) is 0 Å². The van der Waals surface area contributed by atoms with Crippen LogP contribution >= 0.6 is 11.3 Å². The van der Waals surface area contributed by atoms with Crippen molar-refractivity contribution in [2.75, 3.05) is 12.4 Å². The van der Waals surface area contributed by atoms with Crippen molar-refractivity contribution in [2.45, 2.75) is 26.8 Å². The fraction of sp³-hybridized carbons (Fsp3) is 0.333. The van der Waals surface area contributed by atoms with Crippen LogP contribution in [0, 0.1) is 0 Å². The van der Waals surface area contributed by atoms with E-state index in [0.29, 0.717) is 10.5 Å². The minimum absolute atomic E-state index is 0.0359. The maximum atomic E-state index is 11.6. The lowest BCUT2D eigenvalue weighted by molar-refractivity contribution is -0.141. The molecule has 0 aliphatic rings. The van der Waals surface area contributed by atoms with Gasteiger partial charge in [0.15, 0.2) is 4.80 Å². The van der Waals surface area contributed by atoms with Crippen molar-refractivity contribution in [3.05, 3.63) is 23.0 Å². The molecular formula is C15H17N3O4S. The standard InChI is InChI=1S/C15H17N3O4S/c1-4-13(20)17-15-18(8-14(21)22-3)11-6-5-10(16-9(2)19)7-12(11)23-15/h5-7H,4,8H2,1-3H3,(H,16,19). The number of thiazole rings is 1. The van der Waals surface area contributed by atoms with Gasteiger partial charge in [-0.05, 0) is 18.2 Å². The Morgan fingerprint density at radius 3 is 2.70 bits per heavy atom. The Morgan fingerprint density at radius 2 is 2.09 bits per heavy atom. The molecular weight excluding hydrogens is 318 g/mol. The second-order valence-corrected chi connectivity index (χ2v) is 5.78. The summed E-state index contributed by atoms with van der Waals surface area (Å²) in [7, 11) is 1.31. The number of ether oxygens (including phenoxy) is 1. The van der Waals surface area contributed by atoms with Crippen LogP contribution in [0.25, 0.3) is 10.2 Å². The van der Waals surface area contributed by atoms with Crippen LogP contribution < -0.4 is 10.1 Å². The van der Waals surface area contributed by atoms with Crippen LogP contribution in [0.15, 0.2) is 23.2 Å². The number of hydrogen-bond acceptors (Lipinski definition) is 5. The number of carbonyl (C=O) groups is 3. The molecule has 7 nitrogen and oxygen atoms in total. The van der Waals surface area contributed by atoms with Crippen LogP contribution in [0.1, 0.15) is 20.3 Å². The molecule has 0 aliphatic carbocycles. The highest BCUT2D eigenvalue weighted by Gasteiger charge is 2.12. The van der Waals surface area contributed by atoms with Crippen LogP contribution in [-0.4, -0.2) is 29.5 Å². The Balaban J connectivity index is 2.60. The van der Waals surface area contributed by atoms with Crippen molar-refractivity contribution in [1.29, 1.82) is 0 Å². The quantitative estimate of drug-likeness (QED) is 0.861. The summed E-state index contributed by atoms with van der Waals surface area (Å²) in [6.45, 7) is 3.11. The van der Waals surface area contributed by atoms with E-state index in [1.165, 1.54) is 25.4 Å². The van der Waals surface area contributed by atoms with Gasteiger partial charge in [-0.25, -0.2) is 0 Å². The predicted molar refractivity (Wildman–Crippen MR) is 87.0 cm³/mol. The molecule has 0 saturated heterocycles. The van der Waals surface area contributed by atoms with Gasteiger partial charge in [0.05, 0.1) is 17.3 Å². The Morgan fingerprint density at radius 1 is 1.35 bits per heavy atom.